The van der Waals surface area contributed by atoms with Crippen molar-refractivity contribution in [3.63, 3.8) is 0 Å². The van der Waals surface area contributed by atoms with Crippen LogP contribution in [0.1, 0.15) is 24.0 Å². The van der Waals surface area contributed by atoms with Gasteiger partial charge in [-0.2, -0.15) is 8.42 Å². The van der Waals surface area contributed by atoms with E-state index in [2.05, 4.69) is 4.72 Å². The number of nitrogens with one attached hydrogen (secondary N) is 1. The van der Waals surface area contributed by atoms with Crippen molar-refractivity contribution < 1.29 is 13.0 Å². The van der Waals surface area contributed by atoms with E-state index in [0.29, 0.717) is 5.69 Å². The molecule has 0 unspecified atom stereocenters. The largest absolute Gasteiger partial charge is 0.357 e. The van der Waals surface area contributed by atoms with E-state index < -0.39 is 10.3 Å². The molecule has 1 aromatic carbocycles. The molecular formula is C10H13NO3S. The molecule has 15 heavy (non-hydrogen) atoms. The summed E-state index contributed by atoms with van der Waals surface area (Å²) in [5, 5.41) is 0. The third kappa shape index (κ3) is 2.70. The van der Waals surface area contributed by atoms with E-state index >= 15 is 0 Å². The molecule has 0 radical (unpaired) electrons. The fourth-order valence-corrected chi connectivity index (χ4v) is 2.37. The van der Waals surface area contributed by atoms with Gasteiger partial charge in [0.25, 0.3) is 0 Å². The number of rotatable bonds is 2. The average Bonchev–Trinajstić information content (AvgIpc) is 2.15. The van der Waals surface area contributed by atoms with Crippen LogP contribution < -0.4 is 4.72 Å². The van der Waals surface area contributed by atoms with Gasteiger partial charge in [0.1, 0.15) is 0 Å². The first kappa shape index (κ1) is 10.4. The molecule has 0 spiro atoms. The van der Waals surface area contributed by atoms with Crippen LogP contribution in [0, 0.1) is 0 Å². The number of anilines is 1. The standard InChI is InChI=1S/C10H13NO3S/c12-15(13,14)11-10-6-5-8-3-1-2-4-9(8)7-10/h5-7,11H,1-4H2,(H,12,13,14). The Labute approximate surface area is 89.2 Å². The van der Waals surface area contributed by atoms with Crippen molar-refractivity contribution in [2.45, 2.75) is 25.7 Å². The summed E-state index contributed by atoms with van der Waals surface area (Å²) in [6.45, 7) is 0. The Hall–Kier alpha value is -1.07. The van der Waals surface area contributed by atoms with Gasteiger partial charge in [0.05, 0.1) is 5.69 Å². The molecule has 1 aromatic rings. The summed E-state index contributed by atoms with van der Waals surface area (Å²) in [6.07, 6.45) is 4.37. The molecule has 4 nitrogen and oxygen atoms in total. The van der Waals surface area contributed by atoms with Crippen molar-refractivity contribution >= 4 is 16.0 Å². The molecule has 0 heterocycles. The Morgan fingerprint density at radius 1 is 1.13 bits per heavy atom. The van der Waals surface area contributed by atoms with Crippen LogP contribution in [-0.4, -0.2) is 13.0 Å². The third-order valence-electron chi connectivity index (χ3n) is 2.60. The summed E-state index contributed by atoms with van der Waals surface area (Å²) in [5.74, 6) is 0. The van der Waals surface area contributed by atoms with Gasteiger partial charge in [-0.25, -0.2) is 0 Å². The molecule has 82 valence electrons. The maximum Gasteiger partial charge on any atom is 0.357 e. The quantitative estimate of drug-likeness (QED) is 0.757. The highest BCUT2D eigenvalue weighted by Crippen LogP contribution is 2.24. The van der Waals surface area contributed by atoms with Crippen LogP contribution in [0.15, 0.2) is 18.2 Å². The summed E-state index contributed by atoms with van der Waals surface area (Å²) in [6, 6.07) is 5.39. The minimum atomic E-state index is -4.15. The van der Waals surface area contributed by atoms with Crippen LogP contribution in [0.2, 0.25) is 0 Å². The first-order chi connectivity index (χ1) is 7.04. The van der Waals surface area contributed by atoms with Crippen LogP contribution in [0.4, 0.5) is 5.69 Å². The smallest absolute Gasteiger partial charge is 0.269 e. The Kier molecular flexibility index (Phi) is 2.67. The van der Waals surface area contributed by atoms with Gasteiger partial charge in [0, 0.05) is 0 Å². The van der Waals surface area contributed by atoms with Crippen LogP contribution in [0.3, 0.4) is 0 Å². The number of hydrogen-bond donors (Lipinski definition) is 2. The summed E-state index contributed by atoms with van der Waals surface area (Å²) in [7, 11) is -4.15. The van der Waals surface area contributed by atoms with Gasteiger partial charge in [-0.1, -0.05) is 6.07 Å². The molecule has 0 saturated carbocycles. The van der Waals surface area contributed by atoms with Gasteiger partial charge in [-0.15, -0.1) is 0 Å². The van der Waals surface area contributed by atoms with E-state index in [0.717, 1.165) is 19.3 Å². The van der Waals surface area contributed by atoms with Crippen molar-refractivity contribution in [1.29, 1.82) is 0 Å². The second kappa shape index (κ2) is 3.83. The lowest BCUT2D eigenvalue weighted by Gasteiger charge is -2.16. The number of aryl methyl sites for hydroxylation is 2. The van der Waals surface area contributed by atoms with E-state index in [4.69, 9.17) is 4.55 Å². The highest BCUT2D eigenvalue weighted by molar-refractivity contribution is 7.87. The lowest BCUT2D eigenvalue weighted by atomic mass is 9.91. The predicted octanol–water partition coefficient (Wildman–Crippen LogP) is 1.78. The maximum atomic E-state index is 10.6. The van der Waals surface area contributed by atoms with Crippen LogP contribution in [-0.2, 0) is 23.1 Å². The van der Waals surface area contributed by atoms with Gasteiger partial charge >= 0.3 is 10.3 Å². The van der Waals surface area contributed by atoms with Crippen LogP contribution in [0.25, 0.3) is 0 Å². The van der Waals surface area contributed by atoms with E-state index in [-0.39, 0.29) is 0 Å². The van der Waals surface area contributed by atoms with Crippen LogP contribution >= 0.6 is 0 Å². The fourth-order valence-electron chi connectivity index (χ4n) is 1.95. The predicted molar refractivity (Wildman–Crippen MR) is 58.3 cm³/mol. The summed E-state index contributed by atoms with van der Waals surface area (Å²) in [5.41, 5.74) is 2.88. The Morgan fingerprint density at radius 3 is 2.47 bits per heavy atom. The molecule has 0 saturated heterocycles. The van der Waals surface area contributed by atoms with Crippen molar-refractivity contribution in [3.05, 3.63) is 29.3 Å². The zero-order valence-corrected chi connectivity index (χ0v) is 9.05. The third-order valence-corrected chi connectivity index (χ3v) is 3.09. The second-order valence-electron chi connectivity index (χ2n) is 3.77. The van der Waals surface area contributed by atoms with Gasteiger partial charge < -0.3 is 0 Å². The van der Waals surface area contributed by atoms with Crippen molar-refractivity contribution in [3.8, 4) is 0 Å². The maximum absolute atomic E-state index is 10.6. The normalized spacial score (nSPS) is 15.8. The van der Waals surface area contributed by atoms with Gasteiger partial charge in [-0.3, -0.25) is 9.27 Å². The minimum Gasteiger partial charge on any atom is -0.269 e. The lowest BCUT2D eigenvalue weighted by molar-refractivity contribution is 0.489. The SMILES string of the molecule is O=S(=O)(O)Nc1ccc2c(c1)CCCC2. The number of benzene rings is 1. The topological polar surface area (TPSA) is 66.4 Å². The summed E-state index contributed by atoms with van der Waals surface area (Å²) in [4.78, 5) is 0. The van der Waals surface area contributed by atoms with Crippen LogP contribution in [0.5, 0.6) is 0 Å². The van der Waals surface area contributed by atoms with E-state index in [1.807, 2.05) is 6.07 Å². The fraction of sp³-hybridized carbons (Fsp3) is 0.400. The molecule has 0 amide bonds. The molecule has 0 aromatic heterocycles. The highest BCUT2D eigenvalue weighted by atomic mass is 32.2. The summed E-state index contributed by atoms with van der Waals surface area (Å²) < 4.78 is 31.9. The molecular weight excluding hydrogens is 214 g/mol. The van der Waals surface area contributed by atoms with Crippen molar-refractivity contribution in [2.24, 2.45) is 0 Å². The zero-order valence-electron chi connectivity index (χ0n) is 8.23. The van der Waals surface area contributed by atoms with Crippen molar-refractivity contribution in [2.75, 3.05) is 4.72 Å². The van der Waals surface area contributed by atoms with E-state index in [9.17, 15) is 8.42 Å². The molecule has 0 bridgehead atoms. The van der Waals surface area contributed by atoms with Gasteiger partial charge in [0.2, 0.25) is 0 Å². The monoisotopic (exact) mass is 227 g/mol. The summed E-state index contributed by atoms with van der Waals surface area (Å²) >= 11 is 0. The highest BCUT2D eigenvalue weighted by Gasteiger charge is 2.11. The molecule has 0 aliphatic heterocycles. The first-order valence-electron chi connectivity index (χ1n) is 4.92. The lowest BCUT2D eigenvalue weighted by Crippen LogP contribution is -2.11. The molecule has 2 rings (SSSR count). The molecule has 1 aliphatic carbocycles. The van der Waals surface area contributed by atoms with Gasteiger partial charge in [-0.05, 0) is 48.9 Å². The zero-order chi connectivity index (χ0) is 10.9. The Bertz CT molecular complexity index is 468. The Balaban J connectivity index is 2.28. The average molecular weight is 227 g/mol. The molecule has 1 aliphatic rings. The van der Waals surface area contributed by atoms with Crippen molar-refractivity contribution in [1.82, 2.24) is 0 Å². The second-order valence-corrected chi connectivity index (χ2v) is 4.92. The number of hydrogen-bond acceptors (Lipinski definition) is 2. The molecule has 2 N–H and O–H groups in total. The molecule has 0 atom stereocenters. The Morgan fingerprint density at radius 2 is 1.80 bits per heavy atom. The number of fused-ring (bicyclic) bond motifs is 1. The first-order valence-corrected chi connectivity index (χ1v) is 6.36. The minimum absolute atomic E-state index is 0.429. The molecule has 0 fully saturated rings. The van der Waals surface area contributed by atoms with E-state index in [1.54, 1.807) is 12.1 Å². The van der Waals surface area contributed by atoms with E-state index in [1.165, 1.54) is 17.5 Å². The molecule has 5 heteroatoms. The van der Waals surface area contributed by atoms with Gasteiger partial charge in [0.15, 0.2) is 0 Å².